The van der Waals surface area contributed by atoms with Crippen LogP contribution in [-0.2, 0) is 14.3 Å². The van der Waals surface area contributed by atoms with E-state index < -0.39 is 54.4 Å². The average Bonchev–Trinajstić information content (AvgIpc) is 2.90. The predicted molar refractivity (Wildman–Crippen MR) is 95.2 cm³/mol. The summed E-state index contributed by atoms with van der Waals surface area (Å²) in [5.74, 6) is -4.14. The van der Waals surface area contributed by atoms with Crippen LogP contribution in [0.1, 0.15) is 12.5 Å². The Kier molecular flexibility index (Phi) is 5.66. The lowest BCUT2D eigenvalue weighted by atomic mass is 10.1. The Morgan fingerprint density at radius 3 is 2.57 bits per heavy atom. The first-order valence-electron chi connectivity index (χ1n) is 8.31. The van der Waals surface area contributed by atoms with Crippen LogP contribution in [0.25, 0.3) is 10.9 Å². The minimum atomic E-state index is -2.09. The number of carboxylic acids is 2. The molecule has 3 rings (SSSR count). The van der Waals surface area contributed by atoms with Gasteiger partial charge in [-0.15, -0.1) is 0 Å². The quantitative estimate of drug-likeness (QED) is 0.474. The highest BCUT2D eigenvalue weighted by Gasteiger charge is 2.44. The number of aliphatic hydroxyl groups excluding tert-OH is 2. The molecular weight excluding hydrogens is 396 g/mol. The molecule has 1 aromatic carbocycles. The number of nitrogens with zero attached hydrogens (tertiary/aromatic N) is 2. The summed E-state index contributed by atoms with van der Waals surface area (Å²) in [5.41, 5.74) is -0.116. The van der Waals surface area contributed by atoms with Crippen molar-refractivity contribution in [1.29, 1.82) is 0 Å². The largest absolute Gasteiger partial charge is 0.479 e. The van der Waals surface area contributed by atoms with E-state index in [4.69, 9.17) is 26.6 Å². The lowest BCUT2D eigenvalue weighted by Gasteiger charge is -2.19. The third-order valence-corrected chi connectivity index (χ3v) is 5.13. The first-order valence-corrected chi connectivity index (χ1v) is 8.69. The van der Waals surface area contributed by atoms with Gasteiger partial charge < -0.3 is 25.2 Å². The second-order valence-corrected chi connectivity index (χ2v) is 6.93. The third-order valence-electron chi connectivity index (χ3n) is 4.82. The standard InChI is InChI=1S/C17H17ClN2O8/c18-8-2-1-3-9-11(8)15(23)20(6-19-9)10-4-7(12(21)13(10)22)5-28-14(16(24)25)17(26)27/h1-3,6-7,10,12-14,21-22H,4-5H2,(H,24,25)(H,26,27)/t7-,10-,12-,13+/m1/s1. The molecule has 4 N–H and O–H groups in total. The van der Waals surface area contributed by atoms with Crippen LogP contribution >= 0.6 is 11.6 Å². The van der Waals surface area contributed by atoms with Crippen LogP contribution in [0.3, 0.4) is 0 Å². The number of aliphatic hydroxyl groups is 2. The summed E-state index contributed by atoms with van der Waals surface area (Å²) >= 11 is 6.08. The van der Waals surface area contributed by atoms with Crippen molar-refractivity contribution < 1.29 is 34.8 Å². The summed E-state index contributed by atoms with van der Waals surface area (Å²) in [6, 6.07) is 3.93. The number of rotatable bonds is 6. The molecule has 1 aromatic heterocycles. The molecular formula is C17H17ClN2O8. The Morgan fingerprint density at radius 1 is 1.25 bits per heavy atom. The zero-order valence-corrected chi connectivity index (χ0v) is 15.1. The Balaban J connectivity index is 1.85. The number of carboxylic acid groups (broad SMARTS) is 2. The van der Waals surface area contributed by atoms with Crippen LogP contribution in [0, 0.1) is 5.92 Å². The minimum absolute atomic E-state index is 0.0475. The highest BCUT2D eigenvalue weighted by molar-refractivity contribution is 6.35. The molecule has 2 aromatic rings. The van der Waals surface area contributed by atoms with Crippen molar-refractivity contribution in [3.8, 4) is 0 Å². The van der Waals surface area contributed by atoms with Crippen molar-refractivity contribution in [2.75, 3.05) is 6.61 Å². The predicted octanol–water partition coefficient (Wildman–Crippen LogP) is -0.113. The van der Waals surface area contributed by atoms with Gasteiger partial charge in [0, 0.05) is 5.92 Å². The molecule has 0 amide bonds. The summed E-state index contributed by atoms with van der Waals surface area (Å²) in [6.07, 6.45) is -3.51. The molecule has 0 unspecified atom stereocenters. The van der Waals surface area contributed by atoms with Crippen molar-refractivity contribution in [2.24, 2.45) is 5.92 Å². The van der Waals surface area contributed by atoms with E-state index in [9.17, 15) is 24.6 Å². The normalized spacial score (nSPS) is 24.7. The van der Waals surface area contributed by atoms with Gasteiger partial charge in [0.1, 0.15) is 6.10 Å². The van der Waals surface area contributed by atoms with E-state index in [2.05, 4.69) is 4.98 Å². The molecule has 0 spiro atoms. The summed E-state index contributed by atoms with van der Waals surface area (Å²) in [7, 11) is 0. The highest BCUT2D eigenvalue weighted by atomic mass is 35.5. The SMILES string of the molecule is O=C(O)C(OC[C@H]1C[C@@H](n2cnc3cccc(Cl)c3c2=O)[C@H](O)[C@@H]1O)C(=O)O. The van der Waals surface area contributed by atoms with Crippen LogP contribution < -0.4 is 5.56 Å². The van der Waals surface area contributed by atoms with Crippen molar-refractivity contribution in [2.45, 2.75) is 30.8 Å². The van der Waals surface area contributed by atoms with Gasteiger partial charge in [-0.25, -0.2) is 14.6 Å². The number of hydrogen-bond acceptors (Lipinski definition) is 7. The molecule has 1 aliphatic carbocycles. The van der Waals surface area contributed by atoms with Gasteiger partial charge in [-0.3, -0.25) is 9.36 Å². The topological polar surface area (TPSA) is 159 Å². The number of fused-ring (bicyclic) bond motifs is 1. The highest BCUT2D eigenvalue weighted by Crippen LogP contribution is 2.35. The van der Waals surface area contributed by atoms with Crippen LogP contribution in [0.5, 0.6) is 0 Å². The van der Waals surface area contributed by atoms with E-state index in [-0.39, 0.29) is 16.8 Å². The first kappa shape index (κ1) is 20.2. The van der Waals surface area contributed by atoms with Gasteiger partial charge in [0.25, 0.3) is 11.7 Å². The number of aliphatic carboxylic acids is 2. The summed E-state index contributed by atoms with van der Waals surface area (Å²) in [5, 5.41) is 38.7. The fourth-order valence-electron chi connectivity index (χ4n) is 3.38. The first-order chi connectivity index (χ1) is 13.2. The lowest BCUT2D eigenvalue weighted by molar-refractivity contribution is -0.167. The maximum atomic E-state index is 12.8. The van der Waals surface area contributed by atoms with E-state index in [1.165, 1.54) is 12.4 Å². The molecule has 0 radical (unpaired) electrons. The molecule has 0 bridgehead atoms. The van der Waals surface area contributed by atoms with Crippen LogP contribution in [0.4, 0.5) is 0 Å². The molecule has 11 heteroatoms. The van der Waals surface area contributed by atoms with Crippen molar-refractivity contribution in [3.05, 3.63) is 39.9 Å². The smallest absolute Gasteiger partial charge is 0.344 e. The maximum absolute atomic E-state index is 12.8. The van der Waals surface area contributed by atoms with Gasteiger partial charge in [-0.1, -0.05) is 17.7 Å². The summed E-state index contributed by atoms with van der Waals surface area (Å²) < 4.78 is 6.04. The minimum Gasteiger partial charge on any atom is -0.479 e. The van der Waals surface area contributed by atoms with E-state index in [1.807, 2.05) is 0 Å². The molecule has 28 heavy (non-hydrogen) atoms. The second-order valence-electron chi connectivity index (χ2n) is 6.53. The molecule has 1 saturated carbocycles. The molecule has 0 aliphatic heterocycles. The Labute approximate surface area is 162 Å². The molecule has 4 atom stereocenters. The number of hydrogen-bond donors (Lipinski definition) is 4. The van der Waals surface area contributed by atoms with E-state index in [0.717, 1.165) is 4.57 Å². The van der Waals surface area contributed by atoms with Crippen LogP contribution in [0.15, 0.2) is 29.3 Å². The maximum Gasteiger partial charge on any atom is 0.344 e. The number of halogens is 1. The van der Waals surface area contributed by atoms with Crippen molar-refractivity contribution >= 4 is 34.4 Å². The Bertz CT molecular complexity index is 963. The van der Waals surface area contributed by atoms with Crippen LogP contribution in [0.2, 0.25) is 5.02 Å². The fraction of sp³-hybridized carbons (Fsp3) is 0.412. The number of benzene rings is 1. The van der Waals surface area contributed by atoms with E-state index >= 15 is 0 Å². The Morgan fingerprint density at radius 2 is 1.93 bits per heavy atom. The van der Waals surface area contributed by atoms with Gasteiger partial charge in [0.2, 0.25) is 0 Å². The summed E-state index contributed by atoms with van der Waals surface area (Å²) in [6.45, 7) is -0.422. The van der Waals surface area contributed by atoms with Crippen molar-refractivity contribution in [1.82, 2.24) is 9.55 Å². The number of ether oxygens (including phenoxy) is 1. The van der Waals surface area contributed by atoms with Crippen molar-refractivity contribution in [3.63, 3.8) is 0 Å². The zero-order valence-electron chi connectivity index (χ0n) is 14.3. The van der Waals surface area contributed by atoms with Gasteiger partial charge in [0.15, 0.2) is 0 Å². The van der Waals surface area contributed by atoms with Crippen LogP contribution in [-0.4, -0.2) is 66.8 Å². The number of aromatic nitrogens is 2. The molecule has 10 nitrogen and oxygen atoms in total. The van der Waals surface area contributed by atoms with Gasteiger partial charge >= 0.3 is 11.9 Å². The molecule has 150 valence electrons. The van der Waals surface area contributed by atoms with Gasteiger partial charge in [0.05, 0.1) is 41.0 Å². The lowest BCUT2D eigenvalue weighted by Crippen LogP contribution is -2.37. The summed E-state index contributed by atoms with van der Waals surface area (Å²) in [4.78, 5) is 38.7. The molecule has 0 saturated heterocycles. The average molecular weight is 413 g/mol. The van der Waals surface area contributed by atoms with E-state index in [1.54, 1.807) is 12.1 Å². The third kappa shape index (κ3) is 3.59. The molecule has 1 aliphatic rings. The van der Waals surface area contributed by atoms with Gasteiger partial charge in [-0.05, 0) is 18.6 Å². The number of carbonyl (C=O) groups is 2. The van der Waals surface area contributed by atoms with E-state index in [0.29, 0.717) is 5.52 Å². The molecule has 1 fully saturated rings. The second kappa shape index (κ2) is 7.84. The Hall–Kier alpha value is -2.53. The fourth-order valence-corrected chi connectivity index (χ4v) is 3.63. The van der Waals surface area contributed by atoms with Gasteiger partial charge in [-0.2, -0.15) is 0 Å². The molecule has 1 heterocycles. The monoisotopic (exact) mass is 412 g/mol. The zero-order chi connectivity index (χ0) is 20.6.